The predicted octanol–water partition coefficient (Wildman–Crippen LogP) is 4.87. The summed E-state index contributed by atoms with van der Waals surface area (Å²) in [6.45, 7) is 0. The van der Waals surface area contributed by atoms with Crippen LogP contribution in [0.3, 0.4) is 0 Å². The highest BCUT2D eigenvalue weighted by Crippen LogP contribution is 2.31. The first-order valence-electron chi connectivity index (χ1n) is 12.8. The lowest BCUT2D eigenvalue weighted by atomic mass is 10.0. The molecule has 9 heteroatoms. The highest BCUT2D eigenvalue weighted by molar-refractivity contribution is 6.01. The van der Waals surface area contributed by atoms with Crippen LogP contribution in [0.1, 0.15) is 56.6 Å². The first-order valence-corrected chi connectivity index (χ1v) is 12.8. The number of phenolic OH excluding ortho intramolecular Hbond substituents is 1. The van der Waals surface area contributed by atoms with Gasteiger partial charge in [0.05, 0.1) is 0 Å². The number of pyridine rings is 1. The second-order valence-corrected chi connectivity index (χ2v) is 9.34. The maximum absolute atomic E-state index is 14.3. The van der Waals surface area contributed by atoms with E-state index < -0.39 is 17.8 Å². The standard InChI is InChI=1S/C29H31FN4O4/c30-21-7-5-10-23(19-21)34(27(37)13-6-12-26(36)33-25-11-3-4-18-31-25)28(20-14-16-24(35)17-15-20)29(38)32-22-8-1-2-9-22/h3-5,7,10-11,14-19,22,28,35H,1-2,6,8-9,12-13H2,(H,32,38)(H,31,33,36)/t28-/m1/s1. The summed E-state index contributed by atoms with van der Waals surface area (Å²) in [6, 6.07) is 15.6. The molecule has 3 N–H and O–H groups in total. The molecule has 2 aromatic carbocycles. The van der Waals surface area contributed by atoms with E-state index in [4.69, 9.17) is 0 Å². The van der Waals surface area contributed by atoms with Crippen LogP contribution < -0.4 is 15.5 Å². The van der Waals surface area contributed by atoms with Crippen molar-refractivity contribution in [3.05, 3.63) is 84.3 Å². The molecule has 1 aliphatic rings. The van der Waals surface area contributed by atoms with Gasteiger partial charge in [-0.2, -0.15) is 0 Å². The maximum Gasteiger partial charge on any atom is 0.248 e. The van der Waals surface area contributed by atoms with Gasteiger partial charge in [-0.1, -0.05) is 37.1 Å². The van der Waals surface area contributed by atoms with Crippen LogP contribution in [0.4, 0.5) is 15.9 Å². The number of halogens is 1. The SMILES string of the molecule is O=C(CCCC(=O)N(c1cccc(F)c1)[C@@H](C(=O)NC1CCCC1)c1ccc(O)cc1)Nc1ccccn1. The van der Waals surface area contributed by atoms with Crippen molar-refractivity contribution in [1.29, 1.82) is 0 Å². The van der Waals surface area contributed by atoms with Gasteiger partial charge in [0.2, 0.25) is 17.7 Å². The molecule has 0 bridgehead atoms. The van der Waals surface area contributed by atoms with E-state index in [9.17, 15) is 23.9 Å². The summed E-state index contributed by atoms with van der Waals surface area (Å²) in [5.74, 6) is -1.21. The minimum absolute atomic E-state index is 0.00173. The van der Waals surface area contributed by atoms with Gasteiger partial charge in [0, 0.05) is 30.8 Å². The molecule has 1 fully saturated rings. The Morgan fingerprint density at radius 3 is 2.45 bits per heavy atom. The van der Waals surface area contributed by atoms with Crippen LogP contribution in [-0.2, 0) is 14.4 Å². The van der Waals surface area contributed by atoms with Crippen molar-refractivity contribution in [3.63, 3.8) is 0 Å². The van der Waals surface area contributed by atoms with Gasteiger partial charge in [-0.15, -0.1) is 0 Å². The van der Waals surface area contributed by atoms with E-state index in [1.807, 2.05) is 0 Å². The highest BCUT2D eigenvalue weighted by Gasteiger charge is 2.34. The summed E-state index contributed by atoms with van der Waals surface area (Å²) in [6.07, 6.45) is 5.55. The topological polar surface area (TPSA) is 112 Å². The molecule has 38 heavy (non-hydrogen) atoms. The van der Waals surface area contributed by atoms with Crippen LogP contribution in [0, 0.1) is 5.82 Å². The number of benzene rings is 2. The molecule has 3 aromatic rings. The average molecular weight is 519 g/mol. The van der Waals surface area contributed by atoms with Gasteiger partial charge >= 0.3 is 0 Å². The fourth-order valence-electron chi connectivity index (χ4n) is 4.65. The summed E-state index contributed by atoms with van der Waals surface area (Å²) >= 11 is 0. The number of phenols is 1. The molecule has 8 nitrogen and oxygen atoms in total. The molecule has 4 rings (SSSR count). The molecule has 0 radical (unpaired) electrons. The quantitative estimate of drug-likeness (QED) is 0.355. The monoisotopic (exact) mass is 518 g/mol. The van der Waals surface area contributed by atoms with E-state index in [0.717, 1.165) is 25.7 Å². The molecule has 0 unspecified atom stereocenters. The Bertz CT molecular complexity index is 1250. The number of anilines is 2. The molecule has 0 aliphatic heterocycles. The third kappa shape index (κ3) is 7.15. The zero-order valence-corrected chi connectivity index (χ0v) is 21.0. The van der Waals surface area contributed by atoms with Crippen LogP contribution in [0.15, 0.2) is 72.9 Å². The van der Waals surface area contributed by atoms with Crippen LogP contribution in [0.25, 0.3) is 0 Å². The zero-order chi connectivity index (χ0) is 26.9. The first kappa shape index (κ1) is 26.8. The van der Waals surface area contributed by atoms with Crippen molar-refractivity contribution in [2.45, 2.75) is 57.0 Å². The number of hydrogen-bond donors (Lipinski definition) is 3. The second-order valence-electron chi connectivity index (χ2n) is 9.34. The molecule has 0 saturated heterocycles. The second kappa shape index (κ2) is 12.8. The Morgan fingerprint density at radius 1 is 1.00 bits per heavy atom. The van der Waals surface area contributed by atoms with Gasteiger partial charge in [0.1, 0.15) is 23.4 Å². The normalized spacial score (nSPS) is 14.0. The minimum atomic E-state index is -1.09. The van der Waals surface area contributed by atoms with Gasteiger partial charge in [0.25, 0.3) is 0 Å². The molecule has 1 aromatic heterocycles. The number of aromatic hydroxyl groups is 1. The van der Waals surface area contributed by atoms with Crippen molar-refractivity contribution >= 4 is 29.2 Å². The van der Waals surface area contributed by atoms with Gasteiger partial charge in [-0.25, -0.2) is 9.37 Å². The maximum atomic E-state index is 14.3. The number of hydrogen-bond acceptors (Lipinski definition) is 5. The zero-order valence-electron chi connectivity index (χ0n) is 21.0. The smallest absolute Gasteiger partial charge is 0.248 e. The average Bonchev–Trinajstić information content (AvgIpc) is 3.41. The van der Waals surface area contributed by atoms with Gasteiger partial charge in [-0.05, 0) is 67.3 Å². The third-order valence-electron chi connectivity index (χ3n) is 6.50. The molecule has 1 saturated carbocycles. The lowest BCUT2D eigenvalue weighted by Crippen LogP contribution is -2.46. The van der Waals surface area contributed by atoms with Gasteiger partial charge in [0.15, 0.2) is 0 Å². The van der Waals surface area contributed by atoms with Crippen LogP contribution in [0.2, 0.25) is 0 Å². The fraction of sp³-hybridized carbons (Fsp3) is 0.310. The van der Waals surface area contributed by atoms with Crippen molar-refractivity contribution in [3.8, 4) is 5.75 Å². The van der Waals surface area contributed by atoms with E-state index in [1.54, 1.807) is 42.6 Å². The number of nitrogens with one attached hydrogen (secondary N) is 2. The number of nitrogens with zero attached hydrogens (tertiary/aromatic N) is 2. The highest BCUT2D eigenvalue weighted by atomic mass is 19.1. The first-order chi connectivity index (χ1) is 18.4. The fourth-order valence-corrected chi connectivity index (χ4v) is 4.65. The van der Waals surface area contributed by atoms with Crippen molar-refractivity contribution in [2.75, 3.05) is 10.2 Å². The molecule has 0 spiro atoms. The molecule has 3 amide bonds. The van der Waals surface area contributed by atoms with Crippen LogP contribution in [-0.4, -0.2) is 33.9 Å². The molecule has 198 valence electrons. The Kier molecular flexibility index (Phi) is 9.02. The summed E-state index contributed by atoms with van der Waals surface area (Å²) < 4.78 is 14.3. The lowest BCUT2D eigenvalue weighted by Gasteiger charge is -2.32. The number of rotatable bonds is 10. The lowest BCUT2D eigenvalue weighted by molar-refractivity contribution is -0.127. The van der Waals surface area contributed by atoms with E-state index in [0.29, 0.717) is 11.4 Å². The van der Waals surface area contributed by atoms with E-state index >= 15 is 0 Å². The summed E-state index contributed by atoms with van der Waals surface area (Å²) in [5, 5.41) is 15.5. The third-order valence-corrected chi connectivity index (χ3v) is 6.50. The van der Waals surface area contributed by atoms with Crippen molar-refractivity contribution < 1.29 is 23.9 Å². The Balaban J connectivity index is 1.57. The Labute approximate surface area is 220 Å². The van der Waals surface area contributed by atoms with E-state index in [2.05, 4.69) is 15.6 Å². The molecule has 1 aliphatic carbocycles. The number of carbonyl (C=O) groups is 3. The largest absolute Gasteiger partial charge is 0.508 e. The molecule has 1 heterocycles. The van der Waals surface area contributed by atoms with Crippen molar-refractivity contribution in [1.82, 2.24) is 10.3 Å². The summed E-state index contributed by atoms with van der Waals surface area (Å²) in [7, 11) is 0. The summed E-state index contributed by atoms with van der Waals surface area (Å²) in [5.41, 5.74) is 0.705. The number of amides is 3. The number of carbonyl (C=O) groups excluding carboxylic acids is 3. The van der Waals surface area contributed by atoms with Gasteiger partial charge < -0.3 is 15.7 Å². The van der Waals surface area contributed by atoms with Gasteiger partial charge in [-0.3, -0.25) is 19.3 Å². The molecular weight excluding hydrogens is 487 g/mol. The van der Waals surface area contributed by atoms with Crippen LogP contribution in [0.5, 0.6) is 5.75 Å². The predicted molar refractivity (Wildman–Crippen MR) is 142 cm³/mol. The van der Waals surface area contributed by atoms with Crippen LogP contribution >= 0.6 is 0 Å². The Morgan fingerprint density at radius 2 is 1.76 bits per heavy atom. The van der Waals surface area contributed by atoms with E-state index in [1.165, 1.54) is 35.2 Å². The summed E-state index contributed by atoms with van der Waals surface area (Å²) in [4.78, 5) is 45.0. The number of aromatic nitrogens is 1. The molecular formula is C29H31FN4O4. The van der Waals surface area contributed by atoms with Crippen molar-refractivity contribution in [2.24, 2.45) is 0 Å². The minimum Gasteiger partial charge on any atom is -0.508 e. The molecule has 1 atom stereocenters. The Hall–Kier alpha value is -4.27. The van der Waals surface area contributed by atoms with E-state index in [-0.39, 0.29) is 48.6 Å².